The van der Waals surface area contributed by atoms with E-state index in [0.717, 1.165) is 0 Å². The monoisotopic (exact) mass is 408 g/mol. The van der Waals surface area contributed by atoms with E-state index < -0.39 is 30.1 Å². The Labute approximate surface area is 164 Å². The topological polar surface area (TPSA) is 117 Å². The summed E-state index contributed by atoms with van der Waals surface area (Å²) >= 11 is 7.32. The van der Waals surface area contributed by atoms with Gasteiger partial charge in [0.15, 0.2) is 0 Å². The van der Waals surface area contributed by atoms with Gasteiger partial charge in [-0.3, -0.25) is 19.2 Å². The van der Waals surface area contributed by atoms with E-state index in [-0.39, 0.29) is 22.2 Å². The number of Topliss-reactive ketones (excluding diaryl/α,β-unsaturated/α-hetero) is 1. The molecule has 0 aliphatic heterocycles. The Kier molecular flexibility index (Phi) is 7.03. The number of halogens is 1. The number of rotatable bonds is 7. The molecule has 0 spiro atoms. The Morgan fingerprint density at radius 3 is 2.63 bits per heavy atom. The maximum Gasteiger partial charge on any atom is 0.289 e. The molecule has 1 aromatic heterocycles. The Bertz CT molecular complexity index is 870. The van der Waals surface area contributed by atoms with E-state index in [0.29, 0.717) is 5.69 Å². The van der Waals surface area contributed by atoms with Crippen LogP contribution >= 0.6 is 22.9 Å². The van der Waals surface area contributed by atoms with E-state index in [2.05, 4.69) is 20.9 Å². The largest absolute Gasteiger partial charge is 0.353 e. The molecule has 0 radical (unpaired) electrons. The molecule has 0 aliphatic carbocycles. The number of benzene rings is 1. The number of likely N-dealkylation sites (N-methyl/N-ethyl adjacent to an activating group) is 1. The third-order valence-electron chi connectivity index (χ3n) is 3.66. The van der Waals surface area contributed by atoms with Gasteiger partial charge in [0, 0.05) is 17.5 Å². The zero-order chi connectivity index (χ0) is 20.0. The van der Waals surface area contributed by atoms with E-state index in [1.165, 1.54) is 36.6 Å². The number of anilines is 1. The molecule has 1 atom stereocenters. The van der Waals surface area contributed by atoms with Crippen LogP contribution in [0, 0.1) is 0 Å². The minimum atomic E-state index is -0.813. The molecule has 8 nitrogen and oxygen atoms in total. The summed E-state index contributed by atoms with van der Waals surface area (Å²) in [6.45, 7) is 1.22. The fourth-order valence-corrected chi connectivity index (χ4v) is 2.92. The summed E-state index contributed by atoms with van der Waals surface area (Å²) < 4.78 is 0. The summed E-state index contributed by atoms with van der Waals surface area (Å²) in [7, 11) is 1.32. The van der Waals surface area contributed by atoms with Crippen LogP contribution in [-0.4, -0.2) is 42.1 Å². The standard InChI is InChI=1S/C17H17ClN4O4S/c1-9(13-7-27-8-21-13)15(24)22-12-4-3-10(18)5-11(12)16(25)20-6-14(23)17(26)19-2/h3-5,7-9H,6H2,1-2H3,(H,19,26)(H,20,25)(H,22,24). The first-order valence-electron chi connectivity index (χ1n) is 7.85. The van der Waals surface area contributed by atoms with Gasteiger partial charge in [-0.2, -0.15) is 0 Å². The van der Waals surface area contributed by atoms with Crippen LogP contribution in [0.2, 0.25) is 5.02 Å². The predicted molar refractivity (Wildman–Crippen MR) is 102 cm³/mol. The van der Waals surface area contributed by atoms with Gasteiger partial charge in [0.1, 0.15) is 0 Å². The van der Waals surface area contributed by atoms with Crippen molar-refractivity contribution >= 4 is 52.1 Å². The summed E-state index contributed by atoms with van der Waals surface area (Å²) in [5, 5.41) is 9.24. The normalized spacial score (nSPS) is 11.4. The molecule has 0 saturated carbocycles. The molecule has 0 saturated heterocycles. The molecule has 1 aromatic carbocycles. The van der Waals surface area contributed by atoms with E-state index in [1.807, 2.05) is 0 Å². The first-order valence-corrected chi connectivity index (χ1v) is 9.17. The number of hydrogen-bond donors (Lipinski definition) is 3. The Morgan fingerprint density at radius 1 is 1.26 bits per heavy atom. The molecule has 0 aliphatic rings. The highest BCUT2D eigenvalue weighted by molar-refractivity contribution is 7.07. The molecule has 142 valence electrons. The number of ketones is 1. The number of aromatic nitrogens is 1. The molecule has 3 N–H and O–H groups in total. The van der Waals surface area contributed by atoms with E-state index >= 15 is 0 Å². The minimum absolute atomic E-state index is 0.0750. The van der Waals surface area contributed by atoms with Crippen molar-refractivity contribution in [3.63, 3.8) is 0 Å². The third-order valence-corrected chi connectivity index (χ3v) is 4.50. The lowest BCUT2D eigenvalue weighted by Crippen LogP contribution is -2.38. The summed E-state index contributed by atoms with van der Waals surface area (Å²) in [6.07, 6.45) is 0. The first kappa shape index (κ1) is 20.5. The highest BCUT2D eigenvalue weighted by Gasteiger charge is 2.21. The van der Waals surface area contributed by atoms with Crippen molar-refractivity contribution in [3.8, 4) is 0 Å². The highest BCUT2D eigenvalue weighted by Crippen LogP contribution is 2.23. The first-order chi connectivity index (χ1) is 12.8. The van der Waals surface area contributed by atoms with Crippen LogP contribution in [0.25, 0.3) is 0 Å². The predicted octanol–water partition coefficient (Wildman–Crippen LogP) is 1.58. The summed E-state index contributed by atoms with van der Waals surface area (Å²) in [6, 6.07) is 4.38. The zero-order valence-electron chi connectivity index (χ0n) is 14.5. The number of thiazole rings is 1. The van der Waals surface area contributed by atoms with Crippen molar-refractivity contribution in [2.45, 2.75) is 12.8 Å². The molecule has 2 rings (SSSR count). The van der Waals surface area contributed by atoms with Gasteiger partial charge < -0.3 is 16.0 Å². The summed E-state index contributed by atoms with van der Waals surface area (Å²) in [5.41, 5.74) is 2.56. The molecule has 0 bridgehead atoms. The molecule has 27 heavy (non-hydrogen) atoms. The van der Waals surface area contributed by atoms with Crippen LogP contribution in [0.3, 0.4) is 0 Å². The fourth-order valence-electron chi connectivity index (χ4n) is 2.10. The van der Waals surface area contributed by atoms with Crippen molar-refractivity contribution in [2.24, 2.45) is 0 Å². The second-order valence-corrected chi connectivity index (χ2v) is 6.65. The fraction of sp³-hybridized carbons (Fsp3) is 0.235. The van der Waals surface area contributed by atoms with Crippen LogP contribution in [0.1, 0.15) is 28.9 Å². The Morgan fingerprint density at radius 2 is 2.00 bits per heavy atom. The average Bonchev–Trinajstić information content (AvgIpc) is 3.20. The van der Waals surface area contributed by atoms with Crippen LogP contribution in [0.5, 0.6) is 0 Å². The van der Waals surface area contributed by atoms with Crippen molar-refractivity contribution in [3.05, 3.63) is 45.4 Å². The highest BCUT2D eigenvalue weighted by atomic mass is 35.5. The summed E-state index contributed by atoms with van der Waals surface area (Å²) in [5.74, 6) is -3.12. The third kappa shape index (κ3) is 5.35. The number of amides is 3. The van der Waals surface area contributed by atoms with Crippen LogP contribution < -0.4 is 16.0 Å². The second-order valence-electron chi connectivity index (χ2n) is 5.50. The number of hydrogen-bond acceptors (Lipinski definition) is 6. The van der Waals surface area contributed by atoms with Crippen molar-refractivity contribution in [2.75, 3.05) is 18.9 Å². The van der Waals surface area contributed by atoms with E-state index in [4.69, 9.17) is 11.6 Å². The maximum absolute atomic E-state index is 12.4. The van der Waals surface area contributed by atoms with Gasteiger partial charge in [-0.1, -0.05) is 11.6 Å². The quantitative estimate of drug-likeness (QED) is 0.601. The van der Waals surface area contributed by atoms with Crippen molar-refractivity contribution in [1.29, 1.82) is 0 Å². The zero-order valence-corrected chi connectivity index (χ0v) is 16.1. The van der Waals surface area contributed by atoms with Crippen LogP contribution in [0.4, 0.5) is 5.69 Å². The van der Waals surface area contributed by atoms with Gasteiger partial charge in [0.05, 0.1) is 34.9 Å². The molecule has 2 aromatic rings. The maximum atomic E-state index is 12.4. The number of nitrogens with one attached hydrogen (secondary N) is 3. The SMILES string of the molecule is CNC(=O)C(=O)CNC(=O)c1cc(Cl)ccc1NC(=O)C(C)c1cscn1. The second kappa shape index (κ2) is 9.24. The van der Waals surface area contributed by atoms with Gasteiger partial charge in [-0.05, 0) is 25.1 Å². The smallest absolute Gasteiger partial charge is 0.289 e. The molecular weight excluding hydrogens is 392 g/mol. The lowest BCUT2D eigenvalue weighted by Gasteiger charge is -2.14. The van der Waals surface area contributed by atoms with Crippen molar-refractivity contribution < 1.29 is 19.2 Å². The summed E-state index contributed by atoms with van der Waals surface area (Å²) in [4.78, 5) is 51.7. The van der Waals surface area contributed by atoms with Crippen LogP contribution in [-0.2, 0) is 14.4 Å². The van der Waals surface area contributed by atoms with Gasteiger partial charge in [0.25, 0.3) is 11.8 Å². The molecule has 1 heterocycles. The number of nitrogens with zero attached hydrogens (tertiary/aromatic N) is 1. The molecule has 10 heteroatoms. The van der Waals surface area contributed by atoms with Gasteiger partial charge in [0.2, 0.25) is 11.7 Å². The average molecular weight is 409 g/mol. The van der Waals surface area contributed by atoms with Gasteiger partial charge in [-0.15, -0.1) is 11.3 Å². The van der Waals surface area contributed by atoms with Crippen molar-refractivity contribution in [1.82, 2.24) is 15.6 Å². The lowest BCUT2D eigenvalue weighted by atomic mass is 10.1. The van der Waals surface area contributed by atoms with Gasteiger partial charge in [-0.25, -0.2) is 4.98 Å². The van der Waals surface area contributed by atoms with Gasteiger partial charge >= 0.3 is 0 Å². The molecular formula is C17H17ClN4O4S. The van der Waals surface area contributed by atoms with E-state index in [1.54, 1.807) is 17.8 Å². The minimum Gasteiger partial charge on any atom is -0.353 e. The van der Waals surface area contributed by atoms with Crippen LogP contribution in [0.15, 0.2) is 29.1 Å². The molecule has 1 unspecified atom stereocenters. The number of carbonyl (C=O) groups excluding carboxylic acids is 4. The molecule has 3 amide bonds. The molecule has 0 fully saturated rings. The lowest BCUT2D eigenvalue weighted by molar-refractivity contribution is -0.136. The Hall–Kier alpha value is -2.78. The Balaban J connectivity index is 2.14. The number of carbonyl (C=O) groups is 4. The van der Waals surface area contributed by atoms with E-state index in [9.17, 15) is 19.2 Å².